The summed E-state index contributed by atoms with van der Waals surface area (Å²) in [4.78, 5) is 54.2. The van der Waals surface area contributed by atoms with Crippen molar-refractivity contribution in [2.45, 2.75) is 24.5 Å². The molecule has 2 rings (SSSR count). The van der Waals surface area contributed by atoms with E-state index >= 15 is 0 Å². The molecule has 4 N–H and O–H groups in total. The van der Waals surface area contributed by atoms with E-state index in [0.29, 0.717) is 0 Å². The fourth-order valence-corrected chi connectivity index (χ4v) is 3.58. The van der Waals surface area contributed by atoms with Crippen LogP contribution in [0.3, 0.4) is 0 Å². The number of H-pyrrole nitrogens is 1. The van der Waals surface area contributed by atoms with Gasteiger partial charge in [-0.05, 0) is 0 Å². The molecule has 0 amide bonds. The van der Waals surface area contributed by atoms with Gasteiger partial charge >= 0.3 is 51.2 Å². The van der Waals surface area contributed by atoms with Crippen LogP contribution in [0.4, 0.5) is 0 Å². The minimum atomic E-state index is -5.82. The second kappa shape index (κ2) is 10.2. The fourth-order valence-electron chi connectivity index (χ4n) is 2.04. The number of hydrogen-bond acceptors (Lipinski definition) is 11. The Bertz CT molecular complexity index is 839. The number of rotatable bonds is 6. The molecule has 14 nitrogen and oxygen atoms in total. The third kappa shape index (κ3) is 7.40. The van der Waals surface area contributed by atoms with Gasteiger partial charge in [0.15, 0.2) is 6.23 Å². The van der Waals surface area contributed by atoms with Crippen LogP contribution in [0.25, 0.3) is 0 Å². The van der Waals surface area contributed by atoms with Gasteiger partial charge in [0, 0.05) is 12.3 Å². The number of phosphoric acid groups is 2. The van der Waals surface area contributed by atoms with Crippen LogP contribution in [-0.2, 0) is 22.7 Å². The van der Waals surface area contributed by atoms with E-state index < -0.39 is 58.0 Å². The quantitative estimate of drug-likeness (QED) is 0.189. The first-order valence-electron chi connectivity index (χ1n) is 6.43. The van der Waals surface area contributed by atoms with Crippen LogP contribution in [0.15, 0.2) is 21.9 Å². The first-order valence-corrected chi connectivity index (χ1v) is 9.39. The molecule has 0 bridgehead atoms. The number of nitrogens with one attached hydrogen (secondary N) is 1. The Labute approximate surface area is 174 Å². The Morgan fingerprint density at radius 3 is 2.33 bits per heavy atom. The molecule has 1 aliphatic rings. The maximum absolute atomic E-state index is 11.7. The number of aromatic amines is 1. The van der Waals surface area contributed by atoms with E-state index in [1.807, 2.05) is 4.98 Å². The molecule has 1 aromatic rings. The largest absolute Gasteiger partial charge is 1.00 e. The fraction of sp³-hybridized carbons (Fsp3) is 0.556. The molecule has 1 saturated heterocycles. The molecule has 27 heavy (non-hydrogen) atoms. The van der Waals surface area contributed by atoms with E-state index in [0.717, 1.165) is 16.8 Å². The average Bonchev–Trinajstić information content (AvgIpc) is 2.71. The molecule has 1 fully saturated rings. The molecule has 1 aromatic heterocycles. The summed E-state index contributed by atoms with van der Waals surface area (Å²) >= 11 is 0. The van der Waals surface area contributed by atoms with Crippen LogP contribution in [0.5, 0.6) is 0 Å². The summed E-state index contributed by atoms with van der Waals surface area (Å²) in [5.74, 6) is 0. The molecule has 0 saturated carbocycles. The number of phosphoric ester groups is 1. The summed E-state index contributed by atoms with van der Waals surface area (Å²) in [7, 11) is -11.1. The van der Waals surface area contributed by atoms with Gasteiger partial charge in [0.25, 0.3) is 5.56 Å². The van der Waals surface area contributed by atoms with Crippen molar-refractivity contribution in [2.24, 2.45) is 0 Å². The van der Waals surface area contributed by atoms with Gasteiger partial charge in [-0.2, -0.15) is 0 Å². The van der Waals surface area contributed by atoms with E-state index in [4.69, 9.17) is 9.63 Å². The second-order valence-corrected chi connectivity index (χ2v) is 7.60. The SMILES string of the molecule is O=[13c]1[13cH][13cH]n([13C@@H]2O[13C@H]([13CH2]OP(=O)(O)OP(=O)([O-])[O-])[13CH](O)[13C@@H]2O)[13c](=O)[nH]1.[Li+].[Li+]. The van der Waals surface area contributed by atoms with Crippen molar-refractivity contribution >= 4 is 15.6 Å². The molecule has 2 heterocycles. The number of hydrogen-bond donors (Lipinski definition) is 4. The zero-order chi connectivity index (χ0) is 19.0. The van der Waals surface area contributed by atoms with E-state index in [2.05, 4.69) is 8.83 Å². The van der Waals surface area contributed by atoms with Crippen LogP contribution >= 0.6 is 15.6 Å². The molecule has 1 aliphatic heterocycles. The predicted octanol–water partition coefficient (Wildman–Crippen LogP) is -9.87. The first kappa shape index (κ1) is 27.0. The van der Waals surface area contributed by atoms with Gasteiger partial charge in [0.1, 0.15) is 18.3 Å². The number of aliphatic hydroxyl groups excluding tert-OH is 2. The van der Waals surface area contributed by atoms with Gasteiger partial charge in [0.2, 0.25) is 0 Å². The van der Waals surface area contributed by atoms with Crippen LogP contribution in [0.1, 0.15) is 6.23 Å². The number of aliphatic hydroxyl groups is 2. The minimum absolute atomic E-state index is 0. The van der Waals surface area contributed by atoms with E-state index in [1.165, 1.54) is 0 Å². The van der Waals surface area contributed by atoms with Gasteiger partial charge in [-0.25, -0.2) is 9.36 Å². The Hall–Kier alpha value is 0.0148. The average molecular weight is 425 g/mol. The molecular weight excluding hydrogens is 413 g/mol. The van der Waals surface area contributed by atoms with Crippen molar-refractivity contribution in [1.82, 2.24) is 9.55 Å². The zero-order valence-corrected chi connectivity index (χ0v) is 15.8. The molecule has 0 spiro atoms. The Kier molecular flexibility index (Phi) is 10.2. The van der Waals surface area contributed by atoms with Gasteiger partial charge in [-0.3, -0.25) is 23.2 Å². The monoisotopic (exact) mass is 425 g/mol. The van der Waals surface area contributed by atoms with Crippen molar-refractivity contribution in [3.8, 4) is 0 Å². The topological polar surface area (TPSA) is 223 Å². The van der Waals surface area contributed by atoms with Gasteiger partial charge in [0.05, 0.1) is 14.4 Å². The number of aromatic nitrogens is 2. The Balaban J connectivity index is 0.00000338. The van der Waals surface area contributed by atoms with Gasteiger partial charge in [-0.15, -0.1) is 0 Å². The van der Waals surface area contributed by atoms with Crippen molar-refractivity contribution in [2.75, 3.05) is 6.61 Å². The minimum Gasteiger partial charge on any atom is -0.789 e. The molecule has 0 radical (unpaired) electrons. The summed E-state index contributed by atoms with van der Waals surface area (Å²) in [5.41, 5.74) is -1.67. The molecular formula is C9H12Li2N2O12P2. The summed E-state index contributed by atoms with van der Waals surface area (Å²) in [5, 5.41) is 19.7. The summed E-state index contributed by atoms with van der Waals surface area (Å²) in [6, 6.07) is 0.948. The summed E-state index contributed by atoms with van der Waals surface area (Å²) < 4.78 is 35.0. The molecule has 2 unspecified atom stereocenters. The normalized spacial score (nSPS) is 27.3. The van der Waals surface area contributed by atoms with Gasteiger partial charge < -0.3 is 34.2 Å². The van der Waals surface area contributed by atoms with E-state index in [-0.39, 0.29) is 37.7 Å². The molecule has 0 aromatic carbocycles. The van der Waals surface area contributed by atoms with Crippen molar-refractivity contribution in [1.29, 1.82) is 0 Å². The number of nitrogens with zero attached hydrogens (tertiary/aromatic N) is 1. The van der Waals surface area contributed by atoms with Crippen LogP contribution < -0.4 is 58.8 Å². The van der Waals surface area contributed by atoms with Crippen LogP contribution in [-0.4, -0.2) is 49.6 Å². The molecule has 5 atom stereocenters. The van der Waals surface area contributed by atoms with Crippen molar-refractivity contribution in [3.05, 3.63) is 33.1 Å². The summed E-state index contributed by atoms with van der Waals surface area (Å²) in [6.45, 7) is -0.958. The smallest absolute Gasteiger partial charge is 0.789 e. The van der Waals surface area contributed by atoms with E-state index in [9.17, 15) is 38.7 Å². The maximum Gasteiger partial charge on any atom is 1.00 e. The standard InChI is InChI=1S/C9H14N2O12P2.2Li/c12-5-1-2-11(9(15)10-5)8-7(14)6(13)4(22-8)3-21-25(19,20)23-24(16,17)18;;/h1-2,4,6-8,13-14H,3H2,(H,19,20)(H,10,12,15)(H2,16,17,18);;/q;2*+1/p-2/t4-,6?,7+,8-;;/m1../s1/i1+1,2+1,3+1,4+1,5+1,6+1,7+1,8+1,9+1;;. The van der Waals surface area contributed by atoms with E-state index in [1.54, 1.807) is 0 Å². The predicted molar refractivity (Wildman–Crippen MR) is 71.7 cm³/mol. The Morgan fingerprint density at radius 2 is 1.81 bits per heavy atom. The molecule has 142 valence electrons. The first-order chi connectivity index (χ1) is 11.4. The van der Waals surface area contributed by atoms with Crippen molar-refractivity contribution in [3.63, 3.8) is 0 Å². The molecule has 18 heteroatoms. The number of ether oxygens (including phenoxy) is 1. The third-order valence-corrected chi connectivity index (χ3v) is 5.17. The van der Waals surface area contributed by atoms with Crippen molar-refractivity contribution < 1.29 is 85.3 Å². The molecule has 0 aliphatic carbocycles. The van der Waals surface area contributed by atoms with Crippen LogP contribution in [0, 0.1) is 0 Å². The third-order valence-electron chi connectivity index (χ3n) is 3.07. The van der Waals surface area contributed by atoms with Gasteiger partial charge in [-0.1, -0.05) is 0 Å². The Morgan fingerprint density at radius 1 is 1.22 bits per heavy atom. The zero-order valence-electron chi connectivity index (χ0n) is 14.0. The summed E-state index contributed by atoms with van der Waals surface area (Å²) in [6.07, 6.45) is -5.38. The second-order valence-electron chi connectivity index (χ2n) is 4.86. The van der Waals surface area contributed by atoms with Crippen LogP contribution in [0.2, 0.25) is 0 Å². The maximum atomic E-state index is 11.7.